The standard InChI is InChI=1S/C31H49N3P/c1-20(2)26-15-13-16-27(21(3)4)30(26)32-19-33(35(32)34(24(9)10)25(11)12)31-28(22(5)6)17-14-18-29(31)23(7)8/h13-25H,1-12H3/q+1. The second-order valence-electron chi connectivity index (χ2n) is 11.8. The number of benzene rings is 2. The molecular weight excluding hydrogens is 445 g/mol. The maximum atomic E-state index is 2.73. The lowest BCUT2D eigenvalue weighted by molar-refractivity contribution is -0.543. The molecule has 0 bridgehead atoms. The molecule has 4 heteroatoms. The molecule has 3 nitrogen and oxygen atoms in total. The zero-order valence-electron chi connectivity index (χ0n) is 24.3. The lowest BCUT2D eigenvalue weighted by Gasteiger charge is -2.35. The molecule has 0 aliphatic carbocycles. The average Bonchev–Trinajstić information content (AvgIpc) is 2.75. The van der Waals surface area contributed by atoms with E-state index in [0.29, 0.717) is 35.8 Å². The number of nitrogens with zero attached hydrogens (tertiary/aromatic N) is 3. The molecule has 35 heavy (non-hydrogen) atoms. The molecule has 0 aliphatic heterocycles. The second kappa shape index (κ2) is 11.1. The van der Waals surface area contributed by atoms with Crippen molar-refractivity contribution in [2.75, 3.05) is 4.67 Å². The van der Waals surface area contributed by atoms with Crippen LogP contribution in [-0.2, 0) is 0 Å². The summed E-state index contributed by atoms with van der Waals surface area (Å²) in [4.78, 5) is 0. The molecule has 0 spiro atoms. The Morgan fingerprint density at radius 1 is 0.600 bits per heavy atom. The fraction of sp³-hybridized carbons (Fsp3) is 0.581. The van der Waals surface area contributed by atoms with Crippen molar-refractivity contribution < 1.29 is 4.33 Å². The van der Waals surface area contributed by atoms with Gasteiger partial charge in [-0.2, -0.15) is 8.66 Å². The van der Waals surface area contributed by atoms with E-state index in [0.717, 1.165) is 0 Å². The normalized spacial score (nSPS) is 13.2. The maximum Gasteiger partial charge on any atom is 0.251 e. The summed E-state index contributed by atoms with van der Waals surface area (Å²) in [6.07, 6.45) is 2.42. The van der Waals surface area contributed by atoms with E-state index >= 15 is 0 Å². The van der Waals surface area contributed by atoms with Gasteiger partial charge >= 0.3 is 0 Å². The summed E-state index contributed by atoms with van der Waals surface area (Å²) in [5.41, 5.74) is 8.67. The summed E-state index contributed by atoms with van der Waals surface area (Å²) in [5, 5.41) is 0. The van der Waals surface area contributed by atoms with E-state index in [1.54, 1.807) is 0 Å². The monoisotopic (exact) mass is 494 g/mol. The first-order chi connectivity index (χ1) is 16.4. The van der Waals surface area contributed by atoms with Gasteiger partial charge in [0.2, 0.25) is 6.33 Å². The molecule has 192 valence electrons. The van der Waals surface area contributed by atoms with Crippen molar-refractivity contribution in [1.29, 1.82) is 0 Å². The number of rotatable bonds is 9. The van der Waals surface area contributed by atoms with Crippen LogP contribution in [0.2, 0.25) is 0 Å². The maximum absolute atomic E-state index is 2.73. The summed E-state index contributed by atoms with van der Waals surface area (Å²) < 4.78 is 8.01. The Morgan fingerprint density at radius 2 is 0.971 bits per heavy atom. The summed E-state index contributed by atoms with van der Waals surface area (Å²) in [6, 6.07) is 14.8. The van der Waals surface area contributed by atoms with Gasteiger partial charge < -0.3 is 0 Å². The number of aromatic nitrogens is 2. The van der Waals surface area contributed by atoms with E-state index < -0.39 is 8.00 Å². The first-order valence-corrected chi connectivity index (χ1v) is 14.9. The van der Waals surface area contributed by atoms with Crippen molar-refractivity contribution in [1.82, 2.24) is 4.33 Å². The van der Waals surface area contributed by atoms with E-state index in [1.165, 1.54) is 33.6 Å². The van der Waals surface area contributed by atoms with Crippen LogP contribution in [0, 0.1) is 0 Å². The van der Waals surface area contributed by atoms with Gasteiger partial charge in [-0.25, -0.2) is 4.67 Å². The molecule has 0 atom stereocenters. The van der Waals surface area contributed by atoms with Crippen molar-refractivity contribution in [3.63, 3.8) is 0 Å². The van der Waals surface area contributed by atoms with Gasteiger partial charge in [0.15, 0.2) is 0 Å². The summed E-state index contributed by atoms with van der Waals surface area (Å²) in [5.74, 6) is 1.90. The van der Waals surface area contributed by atoms with Crippen LogP contribution in [-0.4, -0.2) is 16.4 Å². The van der Waals surface area contributed by atoms with Gasteiger partial charge in [-0.1, -0.05) is 91.8 Å². The minimum atomic E-state index is -0.739. The summed E-state index contributed by atoms with van der Waals surface area (Å²) in [7, 11) is -0.739. The highest BCUT2D eigenvalue weighted by Crippen LogP contribution is 2.42. The Balaban J connectivity index is 2.45. The highest BCUT2D eigenvalue weighted by Gasteiger charge is 2.36. The molecule has 0 N–H and O–H groups in total. The van der Waals surface area contributed by atoms with Crippen molar-refractivity contribution in [2.24, 2.45) is 0 Å². The first kappa shape index (κ1) is 27.8. The third kappa shape index (κ3) is 5.32. The highest BCUT2D eigenvalue weighted by atomic mass is 31.1. The highest BCUT2D eigenvalue weighted by molar-refractivity contribution is 7.41. The van der Waals surface area contributed by atoms with Crippen molar-refractivity contribution in [3.8, 4) is 11.4 Å². The van der Waals surface area contributed by atoms with Crippen LogP contribution in [0.15, 0.2) is 42.7 Å². The Hall–Kier alpha value is -1.83. The van der Waals surface area contributed by atoms with Gasteiger partial charge in [0, 0.05) is 12.1 Å². The molecule has 0 unspecified atom stereocenters. The van der Waals surface area contributed by atoms with E-state index in [2.05, 4.69) is 139 Å². The largest absolute Gasteiger partial charge is 0.251 e. The van der Waals surface area contributed by atoms with Crippen LogP contribution in [0.25, 0.3) is 11.4 Å². The quantitative estimate of drug-likeness (QED) is 0.289. The molecule has 3 aromatic rings. The van der Waals surface area contributed by atoms with Crippen molar-refractivity contribution >= 4 is 8.00 Å². The molecule has 0 fully saturated rings. The molecule has 0 radical (unpaired) electrons. The Bertz CT molecular complexity index is 991. The van der Waals surface area contributed by atoms with Crippen LogP contribution in [0.4, 0.5) is 0 Å². The Morgan fingerprint density at radius 3 is 1.31 bits per heavy atom. The number of hydrogen-bond donors (Lipinski definition) is 0. The van der Waals surface area contributed by atoms with Crippen LogP contribution in [0.5, 0.6) is 0 Å². The van der Waals surface area contributed by atoms with Crippen molar-refractivity contribution in [3.05, 3.63) is 65.0 Å². The molecule has 0 aliphatic rings. The van der Waals surface area contributed by atoms with Crippen LogP contribution >= 0.6 is 8.00 Å². The molecule has 1 heterocycles. The van der Waals surface area contributed by atoms with Crippen LogP contribution in [0.1, 0.15) is 129 Å². The van der Waals surface area contributed by atoms with Crippen LogP contribution in [0.3, 0.4) is 0 Å². The molecule has 1 aromatic heterocycles. The minimum absolute atomic E-state index is 0.447. The van der Waals surface area contributed by atoms with Crippen molar-refractivity contribution in [2.45, 2.75) is 119 Å². The number of para-hydroxylation sites is 2. The minimum Gasteiger partial charge on any atom is -0.204 e. The predicted molar refractivity (Wildman–Crippen MR) is 155 cm³/mol. The summed E-state index contributed by atoms with van der Waals surface area (Å²) in [6.45, 7) is 28.1. The first-order valence-electron chi connectivity index (χ1n) is 13.7. The van der Waals surface area contributed by atoms with Gasteiger partial charge in [0.25, 0.3) is 8.00 Å². The Kier molecular flexibility index (Phi) is 8.77. The van der Waals surface area contributed by atoms with Gasteiger partial charge in [-0.15, -0.1) is 0 Å². The smallest absolute Gasteiger partial charge is 0.204 e. The third-order valence-corrected chi connectivity index (χ3v) is 9.73. The zero-order valence-corrected chi connectivity index (χ0v) is 25.2. The zero-order chi connectivity index (χ0) is 26.2. The van der Waals surface area contributed by atoms with E-state index in [1.807, 2.05) is 0 Å². The lowest BCUT2D eigenvalue weighted by Crippen LogP contribution is -2.50. The fourth-order valence-electron chi connectivity index (χ4n) is 5.33. The van der Waals surface area contributed by atoms with Gasteiger partial charge in [-0.05, 0) is 73.6 Å². The van der Waals surface area contributed by atoms with E-state index in [4.69, 9.17) is 0 Å². The molecule has 0 saturated carbocycles. The van der Waals surface area contributed by atoms with Gasteiger partial charge in [-0.3, -0.25) is 0 Å². The molecular formula is C31H49N3P+. The topological polar surface area (TPSA) is 12.0 Å². The molecule has 0 saturated heterocycles. The molecule has 2 aromatic carbocycles. The van der Waals surface area contributed by atoms with Gasteiger partial charge in [0.05, 0.1) is 0 Å². The summed E-state index contributed by atoms with van der Waals surface area (Å²) >= 11 is 0. The number of hydrogen-bond acceptors (Lipinski definition) is 1. The second-order valence-corrected chi connectivity index (χ2v) is 13.7. The average molecular weight is 495 g/mol. The lowest BCUT2D eigenvalue weighted by atomic mass is 9.92. The predicted octanol–water partition coefficient (Wildman–Crippen LogP) is 8.99. The third-order valence-electron chi connectivity index (χ3n) is 7.01. The van der Waals surface area contributed by atoms with Gasteiger partial charge in [0.1, 0.15) is 11.4 Å². The molecule has 3 rings (SSSR count). The Labute approximate surface area is 216 Å². The van der Waals surface area contributed by atoms with Crippen LogP contribution < -0.4 is 9.00 Å². The fourth-order valence-corrected chi connectivity index (χ4v) is 7.87. The van der Waals surface area contributed by atoms with E-state index in [9.17, 15) is 0 Å². The SMILES string of the molecule is CC(C)c1cccc(C(C)C)c1-n1c[n+](-c2c(C(C)C)cccc2C(C)C)p1N(C(C)C)C(C)C. The van der Waals surface area contributed by atoms with E-state index in [-0.39, 0.29) is 0 Å². The molecule has 0 amide bonds.